The first-order valence-corrected chi connectivity index (χ1v) is 54.9. The zero-order chi connectivity index (χ0) is 103. The Bertz CT molecular complexity index is 5500. The highest BCUT2D eigenvalue weighted by Crippen LogP contribution is 2.76. The van der Waals surface area contributed by atoms with Gasteiger partial charge in [-0.3, -0.25) is 42.9 Å². The number of hydrogen-bond donors (Lipinski definition) is 11. The SMILES string of the molecule is C.C.C.C.C.C=C1C=C2[C@@H](C)C[C@@H]3[C@H]([C@@H](O)C[C@@]4(C)[C@H]3CC[C@]4(O)C(=O)CC)[C@@]2(C)CC1.CCC(=O)[C@@]1(O)CC[C@H]2[C@@H]3C[C@H](C)C4=CC(=O)C=C[C@]4(C)[C@H]3[C@@H](O)C[C@@]21C.CCC(=O)[C@@]1(O)CC[C@H]2[C@@H]3C[C@H](C)C4=Cc5c(cnn5C)C[C@]4(C)[C@H]3[C@@H](O)C[C@@]21C.CCC(=O)[C@@]1(O)CC[C@H]2[C@@H]3C[C@H](C)C4=Cc5nn(C)cc5C[C@]4(C)[C@H]3[C@@H](O)C[C@@]21C.C[C@H]1C[C@@H]2[C@H]([C@@H](O)C[C@@]3(C)[C@H]2CC[C@]3(O)C(=O)CO)[C@@]2(C)C=CC(=O)C=C12. The third-order valence-electron chi connectivity index (χ3n) is 46.2. The Balaban J connectivity index is 0.000000152. The molecular weight excluding hydrogens is 1830 g/mol. The van der Waals surface area contributed by atoms with E-state index in [2.05, 4.69) is 131 Å². The van der Waals surface area contributed by atoms with Gasteiger partial charge in [0.05, 0.1) is 48.1 Å². The van der Waals surface area contributed by atoms with Crippen LogP contribution in [0, 0.1) is 173 Å². The van der Waals surface area contributed by atoms with Gasteiger partial charge >= 0.3 is 0 Å². The fourth-order valence-corrected chi connectivity index (χ4v) is 39.8. The second-order valence-electron chi connectivity index (χ2n) is 52.5. The lowest BCUT2D eigenvalue weighted by Crippen LogP contribution is -2.62. The van der Waals surface area contributed by atoms with Crippen LogP contribution in [0.2, 0.25) is 0 Å². The van der Waals surface area contributed by atoms with E-state index in [1.807, 2.05) is 83.4 Å². The highest BCUT2D eigenvalue weighted by atomic mass is 16.3. The quantitative estimate of drug-likeness (QED) is 0.105. The molecule has 20 aliphatic rings. The van der Waals surface area contributed by atoms with Crippen LogP contribution in [0.4, 0.5) is 0 Å². The minimum atomic E-state index is -1.57. The number of aryl methyl sites for hydroxylation is 2. The van der Waals surface area contributed by atoms with Crippen molar-refractivity contribution in [3.8, 4) is 0 Å². The molecule has 0 spiro atoms. The van der Waals surface area contributed by atoms with Crippen molar-refractivity contribution in [1.29, 1.82) is 0 Å². The van der Waals surface area contributed by atoms with Crippen LogP contribution < -0.4 is 0 Å². The van der Waals surface area contributed by atoms with Crippen molar-refractivity contribution in [2.45, 2.75) is 407 Å². The highest BCUT2D eigenvalue weighted by Gasteiger charge is 2.76. The van der Waals surface area contributed by atoms with E-state index < -0.39 is 98.0 Å². The lowest BCUT2D eigenvalue weighted by molar-refractivity contribution is -0.182. The Labute approximate surface area is 874 Å². The maximum atomic E-state index is 12.8. The number of aliphatic hydroxyl groups excluding tert-OH is 6. The Morgan fingerprint density at radius 2 is 0.678 bits per heavy atom. The van der Waals surface area contributed by atoms with Gasteiger partial charge < -0.3 is 56.2 Å². The third kappa shape index (κ3) is 16.3. The van der Waals surface area contributed by atoms with Crippen LogP contribution in [-0.2, 0) is 60.5 Å². The number of fused-ring (bicyclic) bond motifs is 27. The molecule has 22 nitrogen and oxygen atoms in total. The molecule has 22 rings (SSSR count). The molecule has 20 aliphatic carbocycles. The number of rotatable bonds is 10. The van der Waals surface area contributed by atoms with Crippen molar-refractivity contribution in [2.75, 3.05) is 6.61 Å². The largest absolute Gasteiger partial charge is 0.393 e. The van der Waals surface area contributed by atoms with Crippen LogP contribution >= 0.6 is 0 Å². The summed E-state index contributed by atoms with van der Waals surface area (Å²) in [6, 6.07) is 0. The number of Topliss-reactive ketones (excluding diaryl/α,β-unsaturated/α-hetero) is 5. The monoisotopic (exact) mass is 2020 g/mol. The van der Waals surface area contributed by atoms with Gasteiger partial charge in [-0.05, 0) is 324 Å². The molecule has 0 amide bonds. The summed E-state index contributed by atoms with van der Waals surface area (Å²) in [7, 11) is 3.97. The van der Waals surface area contributed by atoms with Gasteiger partial charge in [-0.15, -0.1) is 0 Å². The van der Waals surface area contributed by atoms with Gasteiger partial charge in [0, 0.05) is 95.7 Å². The molecule has 11 N–H and O–H groups in total. The molecule has 0 aliphatic heterocycles. The molecule has 814 valence electrons. The van der Waals surface area contributed by atoms with Crippen molar-refractivity contribution in [2.24, 2.45) is 187 Å². The minimum absolute atomic E-state index is 0. The molecule has 0 aromatic carbocycles. The zero-order valence-electron chi connectivity index (χ0n) is 88.6. The summed E-state index contributed by atoms with van der Waals surface area (Å²) in [4.78, 5) is 87.3. The van der Waals surface area contributed by atoms with Gasteiger partial charge in [-0.1, -0.05) is 227 Å². The minimum Gasteiger partial charge on any atom is -0.393 e. The molecule has 2 heterocycles. The van der Waals surface area contributed by atoms with Crippen LogP contribution in [-0.4, -0.2) is 181 Å². The van der Waals surface area contributed by atoms with Crippen molar-refractivity contribution >= 4 is 52.6 Å². The number of aromatic nitrogens is 4. The number of nitrogens with zero attached hydrogens (tertiary/aromatic N) is 4. The summed E-state index contributed by atoms with van der Waals surface area (Å²) >= 11 is 0. The van der Waals surface area contributed by atoms with E-state index in [4.69, 9.17) is 0 Å². The van der Waals surface area contributed by atoms with Crippen molar-refractivity contribution in [3.05, 3.63) is 117 Å². The molecule has 0 unspecified atom stereocenters. The first-order valence-electron chi connectivity index (χ1n) is 54.9. The molecule has 0 saturated heterocycles. The normalized spacial score (nSPS) is 47.9. The van der Waals surface area contributed by atoms with E-state index in [0.29, 0.717) is 131 Å². The summed E-state index contributed by atoms with van der Waals surface area (Å²) < 4.78 is 3.86. The summed E-state index contributed by atoms with van der Waals surface area (Å²) in [6.07, 6.45) is 38.1. The predicted molar refractivity (Wildman–Crippen MR) is 574 cm³/mol. The van der Waals surface area contributed by atoms with Crippen LogP contribution in [0.1, 0.15) is 358 Å². The van der Waals surface area contributed by atoms with Crippen LogP contribution in [0.5, 0.6) is 0 Å². The van der Waals surface area contributed by atoms with Crippen LogP contribution in [0.25, 0.3) is 12.2 Å². The molecule has 40 atom stereocenters. The van der Waals surface area contributed by atoms with Gasteiger partial charge in [0.25, 0.3) is 0 Å². The standard InChI is InChI=1S/2C25H36N2O3.C24H36O3.C23H32O4.C22H30O5.5CH4/c1-6-21(29)25(30)8-7-17-16-9-14(2)18-10-19-15(13-27(5)26-19)11-23(18,3)22(16)20(28)12-24(17,25)4;1-6-21(29)25(30)8-7-17-16-9-14(2)18-10-19-15(13-26-27(19)5)11-23(18,3)22(16)20(28)12-24(17,25)4;1-6-20(26)24(27)10-8-17-16-12-15(3)18-11-14(2)7-9-22(18,4)21(16)19(25)13-23(17,24)5;1-5-19(26)23(27)9-7-16-15-10-13(2)17-11-14(24)6-8-21(17,3)20(15)18(25)12-22(16,23)4;1-12-8-14-15-5-7-22(27,18(26)11-23)21(15,3)10-17(25)19(14)20(2)6-4-13(24)9-16(12)20;;;;;/h2*10,13-14,16-17,20,22,28,30H,6-9,11-12H2,1-5H3;11,15-17,19,21,25,27H,2,6-10,12-13H2,1,3-5H3;6,8,11,13,15-16,18,20,25,27H,5,7,9-10,12H2,1-4H3;4,6,9,12,14-15,17,19,23,25,27H,5,7-8,10-11H2,1-3H3;5*1H4/t2*14-,16-,17-,20-,22+,23-,24-,25-;15-,16-,17-,19-,21+,22-,23-,24-;13-,15-,16-,18-,20+,21-,22-,23-;12-,14-,15-,17-,19+,20-,21-,22-;;;;;/m00000...../s1. The van der Waals surface area contributed by atoms with Crippen LogP contribution in [0.3, 0.4) is 0 Å². The topological polar surface area (TPSA) is 378 Å². The third-order valence-corrected chi connectivity index (χ3v) is 46.2. The average molecular weight is 2020 g/mol. The van der Waals surface area contributed by atoms with E-state index in [-0.39, 0.29) is 176 Å². The van der Waals surface area contributed by atoms with E-state index in [1.165, 1.54) is 39.1 Å². The first-order chi connectivity index (χ1) is 65.9. The molecule has 146 heavy (non-hydrogen) atoms. The van der Waals surface area contributed by atoms with Gasteiger partial charge in [0.2, 0.25) is 0 Å². The number of ketones is 7. The molecular formula is C124H190N4O18. The maximum absolute atomic E-state index is 12.8. The van der Waals surface area contributed by atoms with E-state index >= 15 is 0 Å². The van der Waals surface area contributed by atoms with Gasteiger partial charge in [0.15, 0.2) is 40.5 Å². The number of allylic oxidation sites excluding steroid dienone is 13. The second-order valence-corrected chi connectivity index (χ2v) is 52.5. The Morgan fingerprint density at radius 3 is 1.01 bits per heavy atom. The molecule has 0 bridgehead atoms. The molecule has 2 aromatic rings. The Morgan fingerprint density at radius 1 is 0.390 bits per heavy atom. The Kier molecular flexibility index (Phi) is 31.6. The Hall–Kier alpha value is -6.41. The highest BCUT2D eigenvalue weighted by molar-refractivity contribution is 6.02. The fraction of sp³-hybridized carbons (Fsp3) is 0.766. The number of aliphatic hydroxyl groups is 11. The molecule has 15 fully saturated rings. The fourth-order valence-electron chi connectivity index (χ4n) is 39.8. The van der Waals surface area contributed by atoms with E-state index in [1.54, 1.807) is 24.3 Å². The summed E-state index contributed by atoms with van der Waals surface area (Å²) in [5.41, 5.74) is 2.08. The van der Waals surface area contributed by atoms with Gasteiger partial charge in [0.1, 0.15) is 34.6 Å². The first kappa shape index (κ1) is 117. The molecule has 0 radical (unpaired) electrons. The van der Waals surface area contributed by atoms with Crippen LogP contribution in [0.15, 0.2) is 94.9 Å². The van der Waals surface area contributed by atoms with E-state index in [0.717, 1.165) is 107 Å². The summed E-state index contributed by atoms with van der Waals surface area (Å²) in [5, 5.41) is 133. The maximum Gasteiger partial charge on any atom is 0.190 e. The summed E-state index contributed by atoms with van der Waals surface area (Å²) in [6.45, 7) is 43.6. The number of hydrogen-bond acceptors (Lipinski definition) is 20. The van der Waals surface area contributed by atoms with Gasteiger partial charge in [-0.2, -0.15) is 10.2 Å². The van der Waals surface area contributed by atoms with Gasteiger partial charge in [-0.25, -0.2) is 0 Å². The molecule has 22 heteroatoms. The molecule has 15 saturated carbocycles. The van der Waals surface area contributed by atoms with Crippen molar-refractivity contribution in [3.63, 3.8) is 0 Å². The van der Waals surface area contributed by atoms with Crippen molar-refractivity contribution in [1.82, 2.24) is 19.6 Å². The number of carbonyl (C=O) groups is 7. The van der Waals surface area contributed by atoms with Crippen molar-refractivity contribution < 1.29 is 89.7 Å². The van der Waals surface area contributed by atoms with E-state index in [9.17, 15) is 89.7 Å². The zero-order valence-corrected chi connectivity index (χ0v) is 88.6. The summed E-state index contributed by atoms with van der Waals surface area (Å²) in [5.74, 6) is 4.24. The average Bonchev–Trinajstić information content (AvgIpc) is 1.47. The lowest BCUT2D eigenvalue weighted by Gasteiger charge is -2.62. The predicted octanol–water partition coefficient (Wildman–Crippen LogP) is 19.7. The second kappa shape index (κ2) is 39.5. The lowest BCUT2D eigenvalue weighted by atomic mass is 9.44. The smallest absolute Gasteiger partial charge is 0.190 e. The number of carbonyl (C=O) groups excluding carboxylic acids is 7. The molecule has 2 aromatic heterocycles.